The Balaban J connectivity index is 2.41. The van der Waals surface area contributed by atoms with Gasteiger partial charge in [-0.3, -0.25) is 4.79 Å². The van der Waals surface area contributed by atoms with Crippen molar-refractivity contribution < 1.29 is 9.21 Å². The largest absolute Gasteiger partial charge is 0.469 e. The summed E-state index contributed by atoms with van der Waals surface area (Å²) < 4.78 is 6.66. The number of hydrogen-bond donors (Lipinski definition) is 0. The molecule has 0 saturated heterocycles. The van der Waals surface area contributed by atoms with Gasteiger partial charge in [-0.15, -0.1) is 5.10 Å². The molecule has 15 heavy (non-hydrogen) atoms. The molecule has 0 aromatic carbocycles. The average molecular weight is 205 g/mol. The molecule has 0 unspecified atom stereocenters. The Morgan fingerprint density at radius 1 is 1.60 bits per heavy atom. The van der Waals surface area contributed by atoms with Crippen molar-refractivity contribution in [1.82, 2.24) is 15.0 Å². The quantitative estimate of drug-likeness (QED) is 0.706. The molecule has 2 rings (SSSR count). The van der Waals surface area contributed by atoms with E-state index in [1.54, 1.807) is 13.1 Å². The highest BCUT2D eigenvalue weighted by molar-refractivity contribution is 6.08. The van der Waals surface area contributed by atoms with Gasteiger partial charge in [-0.1, -0.05) is 12.1 Å². The lowest BCUT2D eigenvalue weighted by molar-refractivity contribution is 0.102. The Hall–Kier alpha value is -1.91. The van der Waals surface area contributed by atoms with Gasteiger partial charge in [-0.2, -0.15) is 0 Å². The molecule has 0 aliphatic carbocycles. The topological polar surface area (TPSA) is 60.9 Å². The Morgan fingerprint density at radius 3 is 3.00 bits per heavy atom. The SMILES string of the molecule is CCc1occc1C(=O)c1cnnn1C. The van der Waals surface area contributed by atoms with Gasteiger partial charge in [0.1, 0.15) is 11.5 Å². The number of carbonyl (C=O) groups excluding carboxylic acids is 1. The smallest absolute Gasteiger partial charge is 0.216 e. The molecule has 0 saturated carbocycles. The van der Waals surface area contributed by atoms with E-state index < -0.39 is 0 Å². The van der Waals surface area contributed by atoms with E-state index in [0.717, 1.165) is 0 Å². The van der Waals surface area contributed by atoms with Crippen LogP contribution in [0, 0.1) is 0 Å². The molecule has 0 atom stereocenters. The average Bonchev–Trinajstić information content (AvgIpc) is 2.84. The van der Waals surface area contributed by atoms with Crippen LogP contribution in [0.1, 0.15) is 28.7 Å². The van der Waals surface area contributed by atoms with Crippen LogP contribution in [0.4, 0.5) is 0 Å². The molecule has 0 fully saturated rings. The fourth-order valence-electron chi connectivity index (χ4n) is 1.45. The third-order valence-electron chi connectivity index (χ3n) is 2.26. The lowest BCUT2D eigenvalue weighted by Crippen LogP contribution is -2.08. The molecule has 2 aromatic heterocycles. The molecule has 0 spiro atoms. The van der Waals surface area contributed by atoms with Gasteiger partial charge in [0.05, 0.1) is 18.0 Å². The zero-order valence-electron chi connectivity index (χ0n) is 8.60. The summed E-state index contributed by atoms with van der Waals surface area (Å²) in [6, 6.07) is 1.67. The zero-order valence-corrected chi connectivity index (χ0v) is 8.60. The van der Waals surface area contributed by atoms with Gasteiger partial charge < -0.3 is 4.42 Å². The molecule has 0 amide bonds. The number of carbonyl (C=O) groups is 1. The normalized spacial score (nSPS) is 10.5. The molecule has 0 N–H and O–H groups in total. The number of ketones is 1. The van der Waals surface area contributed by atoms with E-state index in [4.69, 9.17) is 4.42 Å². The summed E-state index contributed by atoms with van der Waals surface area (Å²) in [7, 11) is 1.69. The van der Waals surface area contributed by atoms with Crippen molar-refractivity contribution >= 4 is 5.78 Å². The Morgan fingerprint density at radius 2 is 2.40 bits per heavy atom. The van der Waals surface area contributed by atoms with Gasteiger partial charge in [0.15, 0.2) is 0 Å². The molecule has 5 nitrogen and oxygen atoms in total. The zero-order chi connectivity index (χ0) is 10.8. The van der Waals surface area contributed by atoms with Gasteiger partial charge in [0.2, 0.25) is 5.78 Å². The second-order valence-electron chi connectivity index (χ2n) is 3.18. The first-order valence-electron chi connectivity index (χ1n) is 4.69. The van der Waals surface area contributed by atoms with E-state index in [9.17, 15) is 4.79 Å². The number of rotatable bonds is 3. The maximum Gasteiger partial charge on any atom is 0.216 e. The van der Waals surface area contributed by atoms with Gasteiger partial charge in [-0.05, 0) is 6.07 Å². The van der Waals surface area contributed by atoms with Gasteiger partial charge >= 0.3 is 0 Å². The molecular weight excluding hydrogens is 194 g/mol. The van der Waals surface area contributed by atoms with Crippen LogP contribution in [0.25, 0.3) is 0 Å². The first-order valence-corrected chi connectivity index (χ1v) is 4.69. The highest BCUT2D eigenvalue weighted by Gasteiger charge is 2.18. The highest BCUT2D eigenvalue weighted by atomic mass is 16.3. The second kappa shape index (κ2) is 3.68. The van der Waals surface area contributed by atoms with Crippen molar-refractivity contribution in [2.45, 2.75) is 13.3 Å². The van der Waals surface area contributed by atoms with Crippen molar-refractivity contribution in [3.05, 3.63) is 35.5 Å². The summed E-state index contributed by atoms with van der Waals surface area (Å²) in [5.41, 5.74) is 1.05. The minimum atomic E-state index is -0.104. The van der Waals surface area contributed by atoms with Crippen molar-refractivity contribution in [1.29, 1.82) is 0 Å². The fraction of sp³-hybridized carbons (Fsp3) is 0.300. The number of hydrogen-bond acceptors (Lipinski definition) is 4. The molecule has 2 aromatic rings. The minimum Gasteiger partial charge on any atom is -0.469 e. The maximum atomic E-state index is 12.0. The molecular formula is C10H11N3O2. The van der Waals surface area contributed by atoms with Crippen molar-refractivity contribution in [2.24, 2.45) is 7.05 Å². The summed E-state index contributed by atoms with van der Waals surface area (Å²) in [6.07, 6.45) is 3.67. The summed E-state index contributed by atoms with van der Waals surface area (Å²) in [5, 5.41) is 7.39. The molecule has 0 bridgehead atoms. The van der Waals surface area contributed by atoms with Crippen molar-refractivity contribution in [3.8, 4) is 0 Å². The summed E-state index contributed by atoms with van der Waals surface area (Å²) in [6.45, 7) is 1.94. The van der Waals surface area contributed by atoms with Crippen molar-refractivity contribution in [2.75, 3.05) is 0 Å². The van der Waals surface area contributed by atoms with E-state index >= 15 is 0 Å². The lowest BCUT2D eigenvalue weighted by Gasteiger charge is -1.99. The van der Waals surface area contributed by atoms with Crippen LogP contribution in [0.2, 0.25) is 0 Å². The van der Waals surface area contributed by atoms with Gasteiger partial charge in [0, 0.05) is 13.5 Å². The van der Waals surface area contributed by atoms with Crippen LogP contribution in [0.5, 0.6) is 0 Å². The van der Waals surface area contributed by atoms with Crippen LogP contribution < -0.4 is 0 Å². The molecule has 5 heteroatoms. The van der Waals surface area contributed by atoms with Crippen molar-refractivity contribution in [3.63, 3.8) is 0 Å². The third kappa shape index (κ3) is 1.56. The first kappa shape index (κ1) is 9.64. The maximum absolute atomic E-state index is 12.0. The van der Waals surface area contributed by atoms with E-state index in [1.165, 1.54) is 17.1 Å². The van der Waals surface area contributed by atoms with Crippen LogP contribution in [-0.2, 0) is 13.5 Å². The first-order chi connectivity index (χ1) is 7.24. The predicted octanol–water partition coefficient (Wildman–Crippen LogP) is 1.20. The van der Waals surface area contributed by atoms with Crippen LogP contribution in [0.15, 0.2) is 22.9 Å². The highest BCUT2D eigenvalue weighted by Crippen LogP contribution is 2.15. The third-order valence-corrected chi connectivity index (χ3v) is 2.26. The minimum absolute atomic E-state index is 0.104. The van der Waals surface area contributed by atoms with Crippen LogP contribution >= 0.6 is 0 Å². The number of nitrogens with zero attached hydrogens (tertiary/aromatic N) is 3. The van der Waals surface area contributed by atoms with Gasteiger partial charge in [-0.25, -0.2) is 4.68 Å². The molecule has 2 heterocycles. The van der Waals surface area contributed by atoms with E-state index in [-0.39, 0.29) is 5.78 Å². The standard InChI is InChI=1S/C10H11N3O2/c1-3-9-7(4-5-15-9)10(14)8-6-11-12-13(8)2/h4-6H,3H2,1-2H3. The Bertz CT molecular complexity index is 484. The fourth-order valence-corrected chi connectivity index (χ4v) is 1.45. The molecule has 0 aliphatic rings. The van der Waals surface area contributed by atoms with Crippen LogP contribution in [-0.4, -0.2) is 20.8 Å². The number of furan rings is 1. The molecule has 0 radical (unpaired) electrons. The molecule has 78 valence electrons. The number of aromatic nitrogens is 3. The van der Waals surface area contributed by atoms with E-state index in [1.807, 2.05) is 6.92 Å². The molecule has 0 aliphatic heterocycles. The second-order valence-corrected chi connectivity index (χ2v) is 3.18. The summed E-state index contributed by atoms with van der Waals surface area (Å²) >= 11 is 0. The van der Waals surface area contributed by atoms with Crippen LogP contribution in [0.3, 0.4) is 0 Å². The van der Waals surface area contributed by atoms with E-state index in [2.05, 4.69) is 10.3 Å². The van der Waals surface area contributed by atoms with E-state index in [0.29, 0.717) is 23.4 Å². The number of aryl methyl sites for hydroxylation is 2. The Labute approximate surface area is 86.7 Å². The monoisotopic (exact) mass is 205 g/mol. The summed E-state index contributed by atoms with van der Waals surface area (Å²) in [5.74, 6) is 0.592. The Kier molecular flexibility index (Phi) is 2.37. The summed E-state index contributed by atoms with van der Waals surface area (Å²) in [4.78, 5) is 12.0. The van der Waals surface area contributed by atoms with Gasteiger partial charge in [0.25, 0.3) is 0 Å². The lowest BCUT2D eigenvalue weighted by atomic mass is 10.1. The predicted molar refractivity (Wildman–Crippen MR) is 52.5 cm³/mol.